The molecule has 2 saturated carbocycles. The number of rotatable bonds is 5. The molecule has 0 radical (unpaired) electrons. The Morgan fingerprint density at radius 2 is 2.04 bits per heavy atom. The largest absolute Gasteiger partial charge is 0.493 e. The third-order valence-corrected chi connectivity index (χ3v) is 5.86. The SMILES string of the molecule is C=C1CC2COC(=O)C2(Cc2ccc(OCC3CCC3)cc2)C1. The minimum absolute atomic E-state index is 0.0357. The summed E-state index contributed by atoms with van der Waals surface area (Å²) >= 11 is 0. The Balaban J connectivity index is 1.43. The first-order chi connectivity index (χ1) is 11.2. The van der Waals surface area contributed by atoms with Crippen LogP contribution in [-0.2, 0) is 16.0 Å². The predicted molar refractivity (Wildman–Crippen MR) is 88.2 cm³/mol. The zero-order valence-electron chi connectivity index (χ0n) is 13.6. The smallest absolute Gasteiger partial charge is 0.313 e. The van der Waals surface area contributed by atoms with Crippen LogP contribution in [0.1, 0.15) is 37.7 Å². The van der Waals surface area contributed by atoms with Crippen molar-refractivity contribution in [2.75, 3.05) is 13.2 Å². The molecular formula is C20H24O3. The average Bonchev–Trinajstić information content (AvgIpc) is 2.95. The quantitative estimate of drug-likeness (QED) is 0.611. The first-order valence-electron chi connectivity index (χ1n) is 8.71. The number of cyclic esters (lactones) is 1. The monoisotopic (exact) mass is 312 g/mol. The van der Waals surface area contributed by atoms with E-state index in [1.54, 1.807) is 0 Å². The number of allylic oxidation sites excluding steroid dienone is 1. The normalized spacial score (nSPS) is 30.0. The van der Waals surface area contributed by atoms with Crippen molar-refractivity contribution in [3.05, 3.63) is 42.0 Å². The fraction of sp³-hybridized carbons (Fsp3) is 0.550. The standard InChI is InChI=1S/C20H24O3/c1-14-9-17-13-23-19(21)20(17,10-14)11-15-5-7-18(8-6-15)22-12-16-3-2-4-16/h5-8,16-17H,1-4,9-13H2. The average molecular weight is 312 g/mol. The molecule has 1 saturated heterocycles. The van der Waals surface area contributed by atoms with Gasteiger partial charge in [-0.2, -0.15) is 0 Å². The third kappa shape index (κ3) is 2.66. The lowest BCUT2D eigenvalue weighted by Crippen LogP contribution is -2.31. The lowest BCUT2D eigenvalue weighted by atomic mass is 9.75. The van der Waals surface area contributed by atoms with Gasteiger partial charge in [0.15, 0.2) is 0 Å². The van der Waals surface area contributed by atoms with Crippen LogP contribution in [-0.4, -0.2) is 19.2 Å². The first kappa shape index (κ1) is 14.8. The summed E-state index contributed by atoms with van der Waals surface area (Å²) in [6.07, 6.45) is 6.39. The van der Waals surface area contributed by atoms with Crippen LogP contribution in [0.5, 0.6) is 5.75 Å². The highest BCUT2D eigenvalue weighted by Crippen LogP contribution is 2.52. The Hall–Kier alpha value is -1.77. The van der Waals surface area contributed by atoms with E-state index < -0.39 is 0 Å². The molecule has 0 spiro atoms. The van der Waals surface area contributed by atoms with E-state index in [-0.39, 0.29) is 11.4 Å². The van der Waals surface area contributed by atoms with Gasteiger partial charge in [0.05, 0.1) is 18.6 Å². The Labute approximate surface area is 137 Å². The van der Waals surface area contributed by atoms with Crippen molar-refractivity contribution in [1.82, 2.24) is 0 Å². The van der Waals surface area contributed by atoms with Crippen LogP contribution >= 0.6 is 0 Å². The molecule has 3 nitrogen and oxygen atoms in total. The van der Waals surface area contributed by atoms with Gasteiger partial charge >= 0.3 is 5.97 Å². The molecule has 1 heterocycles. The number of ether oxygens (including phenoxy) is 2. The van der Waals surface area contributed by atoms with Crippen LogP contribution in [0.25, 0.3) is 0 Å². The molecule has 0 bridgehead atoms. The lowest BCUT2D eigenvalue weighted by Gasteiger charge is -2.25. The van der Waals surface area contributed by atoms with Gasteiger partial charge in [-0.3, -0.25) is 4.79 Å². The number of hydrogen-bond acceptors (Lipinski definition) is 3. The van der Waals surface area contributed by atoms with Crippen molar-refractivity contribution in [3.8, 4) is 5.75 Å². The van der Waals surface area contributed by atoms with Crippen molar-refractivity contribution in [3.63, 3.8) is 0 Å². The second kappa shape index (κ2) is 5.70. The van der Waals surface area contributed by atoms with E-state index in [2.05, 4.69) is 18.7 Å². The fourth-order valence-corrected chi connectivity index (χ4v) is 4.20. The van der Waals surface area contributed by atoms with Crippen LogP contribution < -0.4 is 4.74 Å². The second-order valence-corrected chi connectivity index (χ2v) is 7.51. The molecule has 3 aliphatic rings. The summed E-state index contributed by atoms with van der Waals surface area (Å²) in [6.45, 7) is 5.49. The summed E-state index contributed by atoms with van der Waals surface area (Å²) < 4.78 is 11.2. The molecule has 2 unspecified atom stereocenters. The van der Waals surface area contributed by atoms with Crippen molar-refractivity contribution in [1.29, 1.82) is 0 Å². The van der Waals surface area contributed by atoms with Gasteiger partial charge in [-0.05, 0) is 55.7 Å². The number of benzene rings is 1. The Kier molecular flexibility index (Phi) is 3.67. The summed E-state index contributed by atoms with van der Waals surface area (Å²) in [5.74, 6) is 1.94. The maximum atomic E-state index is 12.3. The fourth-order valence-electron chi connectivity index (χ4n) is 4.20. The summed E-state index contributed by atoms with van der Waals surface area (Å²) in [4.78, 5) is 12.3. The second-order valence-electron chi connectivity index (χ2n) is 7.51. The molecular weight excluding hydrogens is 288 g/mol. The molecule has 4 rings (SSSR count). The van der Waals surface area contributed by atoms with Gasteiger partial charge in [0.1, 0.15) is 5.75 Å². The van der Waals surface area contributed by atoms with E-state index in [0.717, 1.165) is 37.5 Å². The van der Waals surface area contributed by atoms with Gasteiger partial charge < -0.3 is 9.47 Å². The van der Waals surface area contributed by atoms with E-state index in [1.165, 1.54) is 30.4 Å². The number of carbonyl (C=O) groups excluding carboxylic acids is 1. The van der Waals surface area contributed by atoms with Crippen molar-refractivity contribution < 1.29 is 14.3 Å². The molecule has 1 aromatic carbocycles. The van der Waals surface area contributed by atoms with Gasteiger partial charge in [0.25, 0.3) is 0 Å². The van der Waals surface area contributed by atoms with E-state index in [4.69, 9.17) is 9.47 Å². The molecule has 0 amide bonds. The lowest BCUT2D eigenvalue weighted by molar-refractivity contribution is -0.146. The molecule has 23 heavy (non-hydrogen) atoms. The van der Waals surface area contributed by atoms with Gasteiger partial charge in [-0.15, -0.1) is 0 Å². The molecule has 2 aliphatic carbocycles. The number of hydrogen-bond donors (Lipinski definition) is 0. The zero-order chi connectivity index (χ0) is 15.9. The van der Waals surface area contributed by atoms with Crippen LogP contribution in [0.3, 0.4) is 0 Å². The van der Waals surface area contributed by atoms with Crippen LogP contribution in [0.15, 0.2) is 36.4 Å². The van der Waals surface area contributed by atoms with Crippen molar-refractivity contribution in [2.24, 2.45) is 17.3 Å². The molecule has 3 fully saturated rings. The summed E-state index contributed by atoms with van der Waals surface area (Å²) in [5, 5.41) is 0. The predicted octanol–water partition coefficient (Wildman–Crippen LogP) is 3.92. The summed E-state index contributed by atoms with van der Waals surface area (Å²) in [7, 11) is 0. The van der Waals surface area contributed by atoms with Crippen LogP contribution in [0, 0.1) is 17.3 Å². The van der Waals surface area contributed by atoms with E-state index in [9.17, 15) is 4.79 Å². The van der Waals surface area contributed by atoms with E-state index in [0.29, 0.717) is 12.5 Å². The van der Waals surface area contributed by atoms with Gasteiger partial charge in [-0.1, -0.05) is 30.7 Å². The minimum atomic E-state index is -0.370. The van der Waals surface area contributed by atoms with Gasteiger partial charge in [0.2, 0.25) is 0 Å². The number of esters is 1. The Morgan fingerprint density at radius 1 is 1.26 bits per heavy atom. The molecule has 2 atom stereocenters. The highest BCUT2D eigenvalue weighted by atomic mass is 16.5. The highest BCUT2D eigenvalue weighted by Gasteiger charge is 2.55. The minimum Gasteiger partial charge on any atom is -0.493 e. The Morgan fingerprint density at radius 3 is 2.74 bits per heavy atom. The summed E-state index contributed by atoms with van der Waals surface area (Å²) in [5.41, 5.74) is 2.00. The van der Waals surface area contributed by atoms with Crippen LogP contribution in [0.2, 0.25) is 0 Å². The van der Waals surface area contributed by atoms with E-state index in [1.807, 2.05) is 12.1 Å². The number of fused-ring (bicyclic) bond motifs is 1. The summed E-state index contributed by atoms with van der Waals surface area (Å²) in [6, 6.07) is 8.25. The van der Waals surface area contributed by atoms with Gasteiger partial charge in [-0.25, -0.2) is 0 Å². The maximum absolute atomic E-state index is 12.3. The zero-order valence-corrected chi connectivity index (χ0v) is 13.6. The molecule has 1 aromatic rings. The maximum Gasteiger partial charge on any atom is 0.313 e. The van der Waals surface area contributed by atoms with Crippen LogP contribution in [0.4, 0.5) is 0 Å². The Bertz CT molecular complexity index is 614. The molecule has 0 aromatic heterocycles. The first-order valence-corrected chi connectivity index (χ1v) is 8.71. The molecule has 0 N–H and O–H groups in total. The molecule has 3 heteroatoms. The van der Waals surface area contributed by atoms with Gasteiger partial charge in [0, 0.05) is 5.92 Å². The number of carbonyl (C=O) groups is 1. The topological polar surface area (TPSA) is 35.5 Å². The van der Waals surface area contributed by atoms with E-state index >= 15 is 0 Å². The third-order valence-electron chi connectivity index (χ3n) is 5.86. The highest BCUT2D eigenvalue weighted by molar-refractivity contribution is 5.81. The molecule has 122 valence electrons. The van der Waals surface area contributed by atoms with Crippen molar-refractivity contribution >= 4 is 5.97 Å². The van der Waals surface area contributed by atoms with Crippen molar-refractivity contribution in [2.45, 2.75) is 38.5 Å². The molecule has 1 aliphatic heterocycles.